The van der Waals surface area contributed by atoms with Crippen molar-refractivity contribution in [2.24, 2.45) is 0 Å². The first-order valence-corrected chi connectivity index (χ1v) is 3.95. The molecule has 0 bridgehead atoms. The van der Waals surface area contributed by atoms with Crippen molar-refractivity contribution >= 4 is 6.09 Å². The molecule has 1 aliphatic rings. The number of nitrogens with zero attached hydrogens (tertiary/aromatic N) is 1. The topological polar surface area (TPSA) is 41.8 Å². The molecule has 1 rings (SSSR count). The maximum Gasteiger partial charge on any atom is 0.437 e. The van der Waals surface area contributed by atoms with Crippen molar-refractivity contribution in [3.63, 3.8) is 0 Å². The Hall–Kier alpha value is -0.770. The Bertz CT molecular complexity index is 205. The molecule has 1 amide bonds. The average Bonchev–Trinajstić information content (AvgIpc) is 2.35. The van der Waals surface area contributed by atoms with Crippen molar-refractivity contribution in [1.29, 1.82) is 0 Å². The minimum absolute atomic E-state index is 0.424. The van der Waals surface area contributed by atoms with Crippen LogP contribution in [0.15, 0.2) is 0 Å². The van der Waals surface area contributed by atoms with Crippen LogP contribution in [0.4, 0.5) is 4.79 Å². The summed E-state index contributed by atoms with van der Waals surface area (Å²) in [5.41, 5.74) is -0.943. The highest BCUT2D eigenvalue weighted by Gasteiger charge is 2.52. The zero-order chi connectivity index (χ0) is 9.57. The maximum absolute atomic E-state index is 11.2. The Kier molecular flexibility index (Phi) is 1.83. The highest BCUT2D eigenvalue weighted by atomic mass is 16.9. The fourth-order valence-electron chi connectivity index (χ4n) is 0.763. The molecule has 0 radical (unpaired) electrons. The molecule has 0 unspecified atom stereocenters. The van der Waals surface area contributed by atoms with Gasteiger partial charge in [-0.1, -0.05) is 0 Å². The molecule has 0 aliphatic carbocycles. The lowest BCUT2D eigenvalue weighted by Gasteiger charge is -2.18. The fraction of sp³-hybridized carbons (Fsp3) is 0.875. The van der Waals surface area contributed by atoms with Crippen LogP contribution in [0, 0.1) is 0 Å². The maximum atomic E-state index is 11.2. The van der Waals surface area contributed by atoms with Gasteiger partial charge < -0.3 is 4.74 Å². The minimum Gasteiger partial charge on any atom is -0.442 e. The van der Waals surface area contributed by atoms with E-state index in [1.807, 2.05) is 20.8 Å². The summed E-state index contributed by atoms with van der Waals surface area (Å²) in [6.45, 7) is 9.07. The van der Waals surface area contributed by atoms with Crippen molar-refractivity contribution in [3.05, 3.63) is 0 Å². The van der Waals surface area contributed by atoms with Gasteiger partial charge in [-0.05, 0) is 34.6 Å². The van der Waals surface area contributed by atoms with Gasteiger partial charge in [-0.15, -0.1) is 5.06 Å². The molecule has 0 spiro atoms. The Morgan fingerprint density at radius 2 is 1.83 bits per heavy atom. The summed E-state index contributed by atoms with van der Waals surface area (Å²) < 4.78 is 5.06. The van der Waals surface area contributed by atoms with Crippen LogP contribution < -0.4 is 0 Å². The number of carbonyl (C=O) groups is 1. The van der Waals surface area contributed by atoms with Gasteiger partial charge in [-0.3, -0.25) is 0 Å². The summed E-state index contributed by atoms with van der Waals surface area (Å²) >= 11 is 0. The van der Waals surface area contributed by atoms with E-state index in [2.05, 4.69) is 0 Å². The first-order valence-electron chi connectivity index (χ1n) is 3.95. The van der Waals surface area contributed by atoms with E-state index in [1.54, 1.807) is 13.8 Å². The smallest absolute Gasteiger partial charge is 0.437 e. The summed E-state index contributed by atoms with van der Waals surface area (Å²) in [7, 11) is 0. The Balaban J connectivity index is 2.42. The molecule has 1 aliphatic heterocycles. The summed E-state index contributed by atoms with van der Waals surface area (Å²) in [6.07, 6.45) is -0.424. The monoisotopic (exact) mass is 173 g/mol. The van der Waals surface area contributed by atoms with E-state index in [4.69, 9.17) is 9.57 Å². The van der Waals surface area contributed by atoms with Crippen molar-refractivity contribution in [2.75, 3.05) is 0 Å². The second-order valence-electron chi connectivity index (χ2n) is 4.31. The van der Waals surface area contributed by atoms with E-state index in [9.17, 15) is 4.79 Å². The third kappa shape index (κ3) is 2.11. The lowest BCUT2D eigenvalue weighted by Crippen LogP contribution is -2.29. The second-order valence-corrected chi connectivity index (χ2v) is 4.31. The third-order valence-electron chi connectivity index (χ3n) is 1.33. The quantitative estimate of drug-likeness (QED) is 0.525. The molecule has 0 N–H and O–H groups in total. The summed E-state index contributed by atoms with van der Waals surface area (Å²) in [4.78, 5) is 16.2. The van der Waals surface area contributed by atoms with Crippen molar-refractivity contribution in [2.45, 2.75) is 45.9 Å². The molecule has 0 atom stereocenters. The summed E-state index contributed by atoms with van der Waals surface area (Å²) in [5, 5.41) is 1.22. The van der Waals surface area contributed by atoms with Crippen LogP contribution in [0.5, 0.6) is 0 Å². The lowest BCUT2D eigenvalue weighted by atomic mass is 10.2. The Labute approximate surface area is 72.4 Å². The van der Waals surface area contributed by atoms with Gasteiger partial charge in [0.05, 0.1) is 0 Å². The second kappa shape index (κ2) is 2.36. The van der Waals surface area contributed by atoms with Gasteiger partial charge in [0.25, 0.3) is 0 Å². The molecule has 1 heterocycles. The van der Waals surface area contributed by atoms with E-state index >= 15 is 0 Å². The minimum atomic E-state index is -0.484. The Morgan fingerprint density at radius 1 is 1.42 bits per heavy atom. The van der Waals surface area contributed by atoms with Gasteiger partial charge in [-0.25, -0.2) is 9.63 Å². The van der Waals surface area contributed by atoms with Crippen molar-refractivity contribution in [1.82, 2.24) is 5.06 Å². The number of rotatable bonds is 0. The summed E-state index contributed by atoms with van der Waals surface area (Å²) in [6, 6.07) is 0. The molecule has 70 valence electrons. The molecule has 1 fully saturated rings. The first kappa shape index (κ1) is 9.32. The van der Waals surface area contributed by atoms with E-state index in [0.717, 1.165) is 0 Å². The molecule has 0 aromatic carbocycles. The highest BCUT2D eigenvalue weighted by molar-refractivity contribution is 5.69. The van der Waals surface area contributed by atoms with E-state index in [0.29, 0.717) is 0 Å². The van der Waals surface area contributed by atoms with E-state index in [-0.39, 0.29) is 0 Å². The average molecular weight is 173 g/mol. The van der Waals surface area contributed by atoms with Crippen LogP contribution >= 0.6 is 0 Å². The van der Waals surface area contributed by atoms with Crippen molar-refractivity contribution < 1.29 is 14.4 Å². The van der Waals surface area contributed by atoms with Crippen molar-refractivity contribution in [3.8, 4) is 0 Å². The summed E-state index contributed by atoms with van der Waals surface area (Å²) in [5.74, 6) is 0. The molecule has 0 saturated carbocycles. The molecule has 1 saturated heterocycles. The van der Waals surface area contributed by atoms with Crippen LogP contribution in [0.1, 0.15) is 34.6 Å². The van der Waals surface area contributed by atoms with E-state index in [1.165, 1.54) is 5.06 Å². The molecule has 0 aromatic heterocycles. The number of amides is 1. The predicted octanol–water partition coefficient (Wildman–Crippen LogP) is 1.90. The number of ether oxygens (including phenoxy) is 1. The van der Waals surface area contributed by atoms with Gasteiger partial charge in [0.2, 0.25) is 0 Å². The fourth-order valence-corrected chi connectivity index (χ4v) is 0.763. The molecule has 4 nitrogen and oxygen atoms in total. The number of carbonyl (C=O) groups excluding carboxylic acids is 1. The largest absolute Gasteiger partial charge is 0.442 e. The SMILES string of the molecule is CC(C)(C)OC(=O)N1OC1(C)C. The number of hydroxylamine groups is 2. The van der Waals surface area contributed by atoms with Crippen LogP contribution in [0.2, 0.25) is 0 Å². The highest BCUT2D eigenvalue weighted by Crippen LogP contribution is 2.34. The first-order chi connectivity index (χ1) is 5.22. The molecule has 12 heavy (non-hydrogen) atoms. The van der Waals surface area contributed by atoms with Gasteiger partial charge in [0, 0.05) is 0 Å². The lowest BCUT2D eigenvalue weighted by molar-refractivity contribution is 0.0208. The van der Waals surface area contributed by atoms with Gasteiger partial charge in [0.15, 0.2) is 5.72 Å². The predicted molar refractivity (Wildman–Crippen MR) is 43.2 cm³/mol. The zero-order valence-corrected chi connectivity index (χ0v) is 8.17. The number of hydrogen-bond donors (Lipinski definition) is 0. The molecular weight excluding hydrogens is 158 g/mol. The van der Waals surface area contributed by atoms with Gasteiger partial charge >= 0.3 is 6.09 Å². The molecule has 4 heteroatoms. The zero-order valence-electron chi connectivity index (χ0n) is 8.17. The molecular formula is C8H15NO3. The molecule has 0 aromatic rings. The Morgan fingerprint density at radius 3 is 2.08 bits per heavy atom. The van der Waals surface area contributed by atoms with Gasteiger partial charge in [0.1, 0.15) is 5.60 Å². The van der Waals surface area contributed by atoms with Crippen LogP contribution in [0.25, 0.3) is 0 Å². The normalized spacial score (nSPS) is 20.6. The third-order valence-corrected chi connectivity index (χ3v) is 1.33. The van der Waals surface area contributed by atoms with Crippen LogP contribution in [0.3, 0.4) is 0 Å². The van der Waals surface area contributed by atoms with E-state index < -0.39 is 17.4 Å². The standard InChI is InChI=1S/C8H15NO3/c1-7(2,3)11-6(10)9-8(4,5)12-9/h1-5H3. The van der Waals surface area contributed by atoms with Gasteiger partial charge in [-0.2, -0.15) is 0 Å². The van der Waals surface area contributed by atoms with Crippen LogP contribution in [-0.4, -0.2) is 22.5 Å². The van der Waals surface area contributed by atoms with Crippen LogP contribution in [-0.2, 0) is 9.57 Å². The number of hydrogen-bond acceptors (Lipinski definition) is 3.